The summed E-state index contributed by atoms with van der Waals surface area (Å²) in [7, 11) is 0. The van der Waals surface area contributed by atoms with Gasteiger partial charge in [0.1, 0.15) is 18.4 Å². The summed E-state index contributed by atoms with van der Waals surface area (Å²) in [6.07, 6.45) is 3.45. The Balaban J connectivity index is 1.87. The molecule has 4 aromatic rings. The number of aliphatic hydroxyl groups excluding tert-OH is 1. The molecule has 1 heterocycles. The molecule has 3 aromatic carbocycles. The number of phenolic OH excluding ortho intramolecular Hbond substituents is 1. The van der Waals surface area contributed by atoms with Crippen molar-refractivity contribution in [1.82, 2.24) is 15.0 Å². The molecule has 0 saturated heterocycles. The molecule has 0 amide bonds. The molecule has 5 nitrogen and oxygen atoms in total. The van der Waals surface area contributed by atoms with Crippen molar-refractivity contribution in [3.05, 3.63) is 84.9 Å². The number of aromatic nitrogens is 3. The first-order valence-electron chi connectivity index (χ1n) is 9.00. The van der Waals surface area contributed by atoms with E-state index < -0.39 is 0 Å². The minimum absolute atomic E-state index is 0.0474. The predicted octanol–water partition coefficient (Wildman–Crippen LogP) is 4.11. The molecule has 0 saturated carbocycles. The molecule has 2 N–H and O–H groups in total. The van der Waals surface area contributed by atoms with E-state index in [0.717, 1.165) is 33.4 Å². The van der Waals surface area contributed by atoms with Gasteiger partial charge in [-0.3, -0.25) is 0 Å². The Kier molecular flexibility index (Phi) is 5.08. The first-order chi connectivity index (χ1) is 13.7. The highest BCUT2D eigenvalue weighted by molar-refractivity contribution is 5.81. The summed E-state index contributed by atoms with van der Waals surface area (Å²) < 4.78 is 0. The maximum Gasteiger partial charge on any atom is 0.162 e. The van der Waals surface area contributed by atoms with Crippen molar-refractivity contribution >= 4 is 0 Å². The highest BCUT2D eigenvalue weighted by Crippen LogP contribution is 2.35. The molecular formula is C23H19N3O2. The van der Waals surface area contributed by atoms with Gasteiger partial charge in [0.2, 0.25) is 0 Å². The molecule has 5 heteroatoms. The number of phenols is 1. The lowest BCUT2D eigenvalue weighted by Crippen LogP contribution is -1.93. The van der Waals surface area contributed by atoms with E-state index >= 15 is 0 Å². The molecule has 0 aliphatic carbocycles. The van der Waals surface area contributed by atoms with Crippen molar-refractivity contribution in [2.75, 3.05) is 6.61 Å². The van der Waals surface area contributed by atoms with E-state index in [4.69, 9.17) is 5.11 Å². The summed E-state index contributed by atoms with van der Waals surface area (Å²) in [4.78, 5) is 12.4. The van der Waals surface area contributed by atoms with E-state index in [0.29, 0.717) is 12.2 Å². The summed E-state index contributed by atoms with van der Waals surface area (Å²) in [5, 5.41) is 19.7. The summed E-state index contributed by atoms with van der Waals surface area (Å²) in [6.45, 7) is 0.0474. The van der Waals surface area contributed by atoms with Crippen LogP contribution in [0.25, 0.3) is 33.6 Å². The summed E-state index contributed by atoms with van der Waals surface area (Å²) in [6, 6.07) is 21.6. The Hall–Kier alpha value is -3.57. The van der Waals surface area contributed by atoms with E-state index in [2.05, 4.69) is 15.0 Å². The molecule has 0 fully saturated rings. The average Bonchev–Trinajstić information content (AvgIpc) is 2.75. The van der Waals surface area contributed by atoms with Gasteiger partial charge in [0.25, 0.3) is 0 Å². The SMILES string of the molecule is OCCc1ccc(-c2cc(-c3ccccc3)cc(-c3ncncn3)c2)c(O)c1. The van der Waals surface area contributed by atoms with Gasteiger partial charge >= 0.3 is 0 Å². The maximum atomic E-state index is 10.6. The Morgan fingerprint density at radius 3 is 2.14 bits per heavy atom. The molecule has 1 aromatic heterocycles. The molecule has 0 spiro atoms. The van der Waals surface area contributed by atoms with Gasteiger partial charge in [-0.1, -0.05) is 42.5 Å². The molecule has 0 atom stereocenters. The summed E-state index contributed by atoms with van der Waals surface area (Å²) in [5.41, 5.74) is 5.39. The van der Waals surface area contributed by atoms with Crippen LogP contribution in [-0.2, 0) is 6.42 Å². The molecule has 0 unspecified atom stereocenters. The topological polar surface area (TPSA) is 79.1 Å². The van der Waals surface area contributed by atoms with Crippen molar-refractivity contribution in [1.29, 1.82) is 0 Å². The summed E-state index contributed by atoms with van der Waals surface area (Å²) >= 11 is 0. The number of benzene rings is 3. The number of aromatic hydroxyl groups is 1. The Morgan fingerprint density at radius 1 is 0.714 bits per heavy atom. The van der Waals surface area contributed by atoms with E-state index in [9.17, 15) is 5.11 Å². The van der Waals surface area contributed by atoms with Crippen LogP contribution in [0.5, 0.6) is 5.75 Å². The number of nitrogens with zero attached hydrogens (tertiary/aromatic N) is 3. The van der Waals surface area contributed by atoms with Gasteiger partial charge < -0.3 is 10.2 Å². The van der Waals surface area contributed by atoms with Crippen LogP contribution < -0.4 is 0 Å². The lowest BCUT2D eigenvalue weighted by atomic mass is 9.94. The first-order valence-corrected chi connectivity index (χ1v) is 9.00. The van der Waals surface area contributed by atoms with Crippen LogP contribution in [0, 0.1) is 0 Å². The number of hydrogen-bond donors (Lipinski definition) is 2. The van der Waals surface area contributed by atoms with Crippen LogP contribution in [0.2, 0.25) is 0 Å². The molecule has 0 bridgehead atoms. The maximum absolute atomic E-state index is 10.6. The smallest absolute Gasteiger partial charge is 0.162 e. The third-order valence-electron chi connectivity index (χ3n) is 4.57. The molecule has 138 valence electrons. The van der Waals surface area contributed by atoms with Crippen molar-refractivity contribution in [2.45, 2.75) is 6.42 Å². The van der Waals surface area contributed by atoms with Crippen LogP contribution in [0.1, 0.15) is 5.56 Å². The Labute approximate surface area is 163 Å². The third-order valence-corrected chi connectivity index (χ3v) is 4.57. The van der Waals surface area contributed by atoms with E-state index in [-0.39, 0.29) is 12.4 Å². The fraction of sp³-hybridized carbons (Fsp3) is 0.0870. The standard InChI is InChI=1S/C23H19N3O2/c27-9-8-16-6-7-21(22(28)10-16)19-11-18(17-4-2-1-3-5-17)12-20(13-19)23-25-14-24-15-26-23/h1-7,10-15,27-28H,8-9H2. The molecule has 4 rings (SSSR count). The van der Waals surface area contributed by atoms with Gasteiger partial charge in [-0.25, -0.2) is 15.0 Å². The zero-order valence-electron chi connectivity index (χ0n) is 15.2. The van der Waals surface area contributed by atoms with Crippen LogP contribution in [0.4, 0.5) is 0 Å². The lowest BCUT2D eigenvalue weighted by Gasteiger charge is -2.12. The lowest BCUT2D eigenvalue weighted by molar-refractivity contribution is 0.299. The Morgan fingerprint density at radius 2 is 1.43 bits per heavy atom. The quantitative estimate of drug-likeness (QED) is 0.553. The number of hydrogen-bond acceptors (Lipinski definition) is 5. The molecule has 28 heavy (non-hydrogen) atoms. The molecule has 0 radical (unpaired) electrons. The van der Waals surface area contributed by atoms with Crippen LogP contribution in [0.3, 0.4) is 0 Å². The predicted molar refractivity (Wildman–Crippen MR) is 109 cm³/mol. The minimum Gasteiger partial charge on any atom is -0.507 e. The zero-order chi connectivity index (χ0) is 19.3. The number of aliphatic hydroxyl groups is 1. The van der Waals surface area contributed by atoms with Gasteiger partial charge in [-0.15, -0.1) is 0 Å². The minimum atomic E-state index is 0.0474. The number of rotatable bonds is 5. The normalized spacial score (nSPS) is 10.8. The Bertz CT molecular complexity index is 1030. The second kappa shape index (κ2) is 7.98. The van der Waals surface area contributed by atoms with Crippen molar-refractivity contribution in [2.24, 2.45) is 0 Å². The van der Waals surface area contributed by atoms with E-state index in [1.165, 1.54) is 12.7 Å². The summed E-state index contributed by atoms with van der Waals surface area (Å²) in [5.74, 6) is 0.753. The van der Waals surface area contributed by atoms with Gasteiger partial charge in [-0.2, -0.15) is 0 Å². The monoisotopic (exact) mass is 369 g/mol. The highest BCUT2D eigenvalue weighted by atomic mass is 16.3. The second-order valence-corrected chi connectivity index (χ2v) is 6.45. The van der Waals surface area contributed by atoms with Gasteiger partial charge in [0, 0.05) is 17.7 Å². The largest absolute Gasteiger partial charge is 0.507 e. The highest BCUT2D eigenvalue weighted by Gasteiger charge is 2.12. The first kappa shape index (κ1) is 17.8. The van der Waals surface area contributed by atoms with Crippen molar-refractivity contribution in [3.8, 4) is 39.4 Å². The van der Waals surface area contributed by atoms with Gasteiger partial charge in [0.15, 0.2) is 5.82 Å². The molecule has 0 aliphatic rings. The van der Waals surface area contributed by atoms with Gasteiger partial charge in [-0.05, 0) is 52.9 Å². The van der Waals surface area contributed by atoms with Gasteiger partial charge in [0.05, 0.1) is 0 Å². The van der Waals surface area contributed by atoms with Crippen LogP contribution >= 0.6 is 0 Å². The average molecular weight is 369 g/mol. The van der Waals surface area contributed by atoms with Crippen molar-refractivity contribution < 1.29 is 10.2 Å². The van der Waals surface area contributed by atoms with E-state index in [1.807, 2.05) is 60.7 Å². The fourth-order valence-electron chi connectivity index (χ4n) is 3.20. The van der Waals surface area contributed by atoms with E-state index in [1.54, 1.807) is 6.07 Å². The molecule has 0 aliphatic heterocycles. The van der Waals surface area contributed by atoms with Crippen molar-refractivity contribution in [3.63, 3.8) is 0 Å². The van der Waals surface area contributed by atoms with Crippen LogP contribution in [-0.4, -0.2) is 31.8 Å². The molecular weight excluding hydrogens is 350 g/mol. The zero-order valence-corrected chi connectivity index (χ0v) is 15.2. The second-order valence-electron chi connectivity index (χ2n) is 6.45. The van der Waals surface area contributed by atoms with Crippen LogP contribution in [0.15, 0.2) is 79.4 Å². The third kappa shape index (κ3) is 3.75. The fourth-order valence-corrected chi connectivity index (χ4v) is 3.20.